The summed E-state index contributed by atoms with van der Waals surface area (Å²) in [5, 5.41) is 0. The molecule has 2 aromatic carbocycles. The molecule has 25 heavy (non-hydrogen) atoms. The lowest BCUT2D eigenvalue weighted by Crippen LogP contribution is -2.50. The molecule has 132 valence electrons. The standard InChI is InChI=1S/C19H21N3O2.ClH/c1-14-6-8-15(9-7-14)18(23)21-10-12-22(13-11-21)19(24)16-4-2-3-5-17(16)20;/h2-9H,10-13,20H2,1H3;1H. The van der Waals surface area contributed by atoms with Gasteiger partial charge >= 0.3 is 0 Å². The van der Waals surface area contributed by atoms with Gasteiger partial charge in [-0.05, 0) is 31.2 Å². The second-order valence-corrected chi connectivity index (χ2v) is 6.04. The van der Waals surface area contributed by atoms with E-state index in [2.05, 4.69) is 0 Å². The van der Waals surface area contributed by atoms with Gasteiger partial charge in [-0.2, -0.15) is 0 Å². The van der Waals surface area contributed by atoms with Crippen LogP contribution in [0.4, 0.5) is 5.69 Å². The molecule has 0 aliphatic carbocycles. The summed E-state index contributed by atoms with van der Waals surface area (Å²) in [5.74, 6) is -0.0585. The Morgan fingerprint density at radius 1 is 0.840 bits per heavy atom. The van der Waals surface area contributed by atoms with Gasteiger partial charge in [-0.1, -0.05) is 29.8 Å². The third kappa shape index (κ3) is 4.12. The van der Waals surface area contributed by atoms with Crippen molar-refractivity contribution in [1.29, 1.82) is 0 Å². The summed E-state index contributed by atoms with van der Waals surface area (Å²) in [6.45, 7) is 4.10. The Morgan fingerprint density at radius 2 is 1.36 bits per heavy atom. The number of halogens is 1. The number of aryl methyl sites for hydroxylation is 1. The van der Waals surface area contributed by atoms with Crippen LogP contribution in [0.3, 0.4) is 0 Å². The van der Waals surface area contributed by atoms with E-state index in [9.17, 15) is 9.59 Å². The first-order valence-corrected chi connectivity index (χ1v) is 8.06. The highest BCUT2D eigenvalue weighted by molar-refractivity contribution is 5.99. The fourth-order valence-electron chi connectivity index (χ4n) is 2.85. The van der Waals surface area contributed by atoms with Crippen LogP contribution in [-0.2, 0) is 0 Å². The smallest absolute Gasteiger partial charge is 0.256 e. The van der Waals surface area contributed by atoms with Crippen molar-refractivity contribution in [3.05, 3.63) is 65.2 Å². The van der Waals surface area contributed by atoms with E-state index in [1.165, 1.54) is 0 Å². The molecule has 0 spiro atoms. The largest absolute Gasteiger partial charge is 0.398 e. The summed E-state index contributed by atoms with van der Waals surface area (Å²) in [6.07, 6.45) is 0. The Hall–Kier alpha value is -2.53. The van der Waals surface area contributed by atoms with Crippen LogP contribution in [0.1, 0.15) is 26.3 Å². The molecule has 3 rings (SSSR count). The van der Waals surface area contributed by atoms with Crippen molar-refractivity contribution < 1.29 is 9.59 Å². The number of rotatable bonds is 2. The second-order valence-electron chi connectivity index (χ2n) is 6.04. The maximum absolute atomic E-state index is 12.5. The number of carbonyl (C=O) groups is 2. The molecule has 5 nitrogen and oxygen atoms in total. The number of nitrogens with two attached hydrogens (primary N) is 1. The molecule has 1 heterocycles. The summed E-state index contributed by atoms with van der Waals surface area (Å²) in [6, 6.07) is 14.6. The zero-order chi connectivity index (χ0) is 17.1. The monoisotopic (exact) mass is 359 g/mol. The van der Waals surface area contributed by atoms with Gasteiger partial charge in [0.15, 0.2) is 0 Å². The Morgan fingerprint density at radius 3 is 1.92 bits per heavy atom. The van der Waals surface area contributed by atoms with Crippen LogP contribution in [0.2, 0.25) is 0 Å². The summed E-state index contributed by atoms with van der Waals surface area (Å²) in [4.78, 5) is 28.6. The lowest BCUT2D eigenvalue weighted by Gasteiger charge is -2.35. The molecule has 2 N–H and O–H groups in total. The zero-order valence-electron chi connectivity index (χ0n) is 14.1. The summed E-state index contributed by atoms with van der Waals surface area (Å²) >= 11 is 0. The van der Waals surface area contributed by atoms with Gasteiger partial charge in [-0.25, -0.2) is 0 Å². The van der Waals surface area contributed by atoms with Crippen LogP contribution < -0.4 is 5.73 Å². The van der Waals surface area contributed by atoms with Crippen molar-refractivity contribution >= 4 is 29.9 Å². The molecule has 0 atom stereocenters. The number of hydrogen-bond donors (Lipinski definition) is 1. The summed E-state index contributed by atoms with van der Waals surface area (Å²) in [5.41, 5.74) is 8.71. The molecule has 0 bridgehead atoms. The SMILES string of the molecule is Cc1ccc(C(=O)N2CCN(C(=O)c3ccccc3N)CC2)cc1.Cl. The van der Waals surface area contributed by atoms with Crippen LogP contribution in [0.25, 0.3) is 0 Å². The van der Waals surface area contributed by atoms with E-state index in [1.807, 2.05) is 37.3 Å². The average Bonchev–Trinajstić information content (AvgIpc) is 2.62. The molecule has 1 fully saturated rings. The third-order valence-electron chi connectivity index (χ3n) is 4.34. The van der Waals surface area contributed by atoms with Gasteiger partial charge in [0, 0.05) is 37.4 Å². The molecule has 0 radical (unpaired) electrons. The Kier molecular flexibility index (Phi) is 6.04. The van der Waals surface area contributed by atoms with Crippen LogP contribution >= 0.6 is 12.4 Å². The number of para-hydroxylation sites is 1. The fourth-order valence-corrected chi connectivity index (χ4v) is 2.85. The second kappa shape index (κ2) is 8.03. The van der Waals surface area contributed by atoms with Crippen LogP contribution in [0.5, 0.6) is 0 Å². The number of amides is 2. The lowest BCUT2D eigenvalue weighted by atomic mass is 10.1. The number of nitrogen functional groups attached to an aromatic ring is 1. The highest BCUT2D eigenvalue weighted by Crippen LogP contribution is 2.16. The van der Waals surface area contributed by atoms with Gasteiger partial charge in [-0.3, -0.25) is 9.59 Å². The van der Waals surface area contributed by atoms with E-state index in [4.69, 9.17) is 5.73 Å². The van der Waals surface area contributed by atoms with Crippen molar-refractivity contribution in [3.8, 4) is 0 Å². The molecule has 2 aromatic rings. The van der Waals surface area contributed by atoms with E-state index in [0.29, 0.717) is 43.0 Å². The maximum Gasteiger partial charge on any atom is 0.256 e. The van der Waals surface area contributed by atoms with Crippen molar-refractivity contribution in [1.82, 2.24) is 9.80 Å². The van der Waals surface area contributed by atoms with Crippen molar-refractivity contribution in [2.75, 3.05) is 31.9 Å². The molecular formula is C19H22ClN3O2. The zero-order valence-corrected chi connectivity index (χ0v) is 15.0. The van der Waals surface area contributed by atoms with Gasteiger partial charge in [0.25, 0.3) is 11.8 Å². The highest BCUT2D eigenvalue weighted by Gasteiger charge is 2.26. The van der Waals surface area contributed by atoms with Crippen molar-refractivity contribution in [3.63, 3.8) is 0 Å². The lowest BCUT2D eigenvalue weighted by molar-refractivity contribution is 0.0536. The minimum Gasteiger partial charge on any atom is -0.398 e. The van der Waals surface area contributed by atoms with E-state index in [-0.39, 0.29) is 24.2 Å². The Balaban J connectivity index is 0.00000225. The predicted octanol–water partition coefficient (Wildman–Crippen LogP) is 2.60. The maximum atomic E-state index is 12.5. The molecule has 0 saturated carbocycles. The molecule has 1 aliphatic heterocycles. The minimum atomic E-state index is -0.0736. The third-order valence-corrected chi connectivity index (χ3v) is 4.34. The van der Waals surface area contributed by atoms with Crippen LogP contribution in [0, 0.1) is 6.92 Å². The van der Waals surface area contributed by atoms with Gasteiger partial charge in [-0.15, -0.1) is 12.4 Å². The van der Waals surface area contributed by atoms with Gasteiger partial charge in [0.2, 0.25) is 0 Å². The van der Waals surface area contributed by atoms with E-state index < -0.39 is 0 Å². The molecule has 0 unspecified atom stereocenters. The quantitative estimate of drug-likeness (QED) is 0.838. The van der Waals surface area contributed by atoms with E-state index in [0.717, 1.165) is 5.56 Å². The predicted molar refractivity (Wildman–Crippen MR) is 101 cm³/mol. The van der Waals surface area contributed by atoms with Crippen molar-refractivity contribution in [2.24, 2.45) is 0 Å². The first-order chi connectivity index (χ1) is 11.6. The molecule has 2 amide bonds. The fraction of sp³-hybridized carbons (Fsp3) is 0.263. The molecule has 0 aromatic heterocycles. The number of anilines is 1. The van der Waals surface area contributed by atoms with E-state index >= 15 is 0 Å². The van der Waals surface area contributed by atoms with Crippen LogP contribution in [-0.4, -0.2) is 47.8 Å². The summed E-state index contributed by atoms with van der Waals surface area (Å²) < 4.78 is 0. The molecular weight excluding hydrogens is 338 g/mol. The number of hydrogen-bond acceptors (Lipinski definition) is 3. The highest BCUT2D eigenvalue weighted by atomic mass is 35.5. The number of piperazine rings is 1. The van der Waals surface area contributed by atoms with Gasteiger partial charge in [0.05, 0.1) is 5.56 Å². The Bertz CT molecular complexity index is 754. The molecule has 6 heteroatoms. The molecule has 1 aliphatic rings. The van der Waals surface area contributed by atoms with Crippen LogP contribution in [0.15, 0.2) is 48.5 Å². The van der Waals surface area contributed by atoms with Gasteiger partial charge < -0.3 is 15.5 Å². The normalized spacial score (nSPS) is 14.0. The topological polar surface area (TPSA) is 66.6 Å². The van der Waals surface area contributed by atoms with E-state index in [1.54, 1.807) is 28.0 Å². The number of benzene rings is 2. The van der Waals surface area contributed by atoms with Crippen molar-refractivity contribution in [2.45, 2.75) is 6.92 Å². The summed E-state index contributed by atoms with van der Waals surface area (Å²) in [7, 11) is 0. The average molecular weight is 360 g/mol. The first-order valence-electron chi connectivity index (χ1n) is 8.06. The number of nitrogens with zero attached hydrogens (tertiary/aromatic N) is 2. The first kappa shape index (κ1) is 18.8. The van der Waals surface area contributed by atoms with Gasteiger partial charge in [0.1, 0.15) is 0 Å². The molecule has 1 saturated heterocycles. The number of carbonyl (C=O) groups excluding carboxylic acids is 2. The minimum absolute atomic E-state index is 0. The Labute approximate surface area is 153 Å².